The van der Waals surface area contributed by atoms with E-state index in [0.717, 1.165) is 6.20 Å². The largest absolute Gasteiger partial charge is 0.451 e. The molecule has 0 spiro atoms. The van der Waals surface area contributed by atoms with E-state index in [-0.39, 0.29) is 5.65 Å². The fourth-order valence-corrected chi connectivity index (χ4v) is 1.20. The number of imidazole rings is 1. The van der Waals surface area contributed by atoms with Crippen LogP contribution in [0.4, 0.5) is 19.1 Å². The van der Waals surface area contributed by atoms with Crippen molar-refractivity contribution < 1.29 is 13.2 Å². The van der Waals surface area contributed by atoms with Gasteiger partial charge in [0.05, 0.1) is 6.20 Å². The average Bonchev–Trinajstić information content (AvgIpc) is 2.57. The summed E-state index contributed by atoms with van der Waals surface area (Å²) < 4.78 is 36.9. The molecular formula is C8H8F3N5. The molecule has 0 aliphatic carbocycles. The number of halogens is 3. The molecule has 0 radical (unpaired) electrons. The maximum atomic E-state index is 12.3. The molecule has 0 aliphatic heterocycles. The highest BCUT2D eigenvalue weighted by Crippen LogP contribution is 2.26. The molecule has 0 fully saturated rings. The Morgan fingerprint density at radius 3 is 2.75 bits per heavy atom. The molecule has 2 aromatic heterocycles. The van der Waals surface area contributed by atoms with Crippen LogP contribution in [0.15, 0.2) is 6.20 Å². The summed E-state index contributed by atoms with van der Waals surface area (Å²) >= 11 is 0. The van der Waals surface area contributed by atoms with Crippen molar-refractivity contribution in [3.8, 4) is 0 Å². The molecule has 0 saturated carbocycles. The molecule has 0 unspecified atom stereocenters. The van der Waals surface area contributed by atoms with E-state index in [0.29, 0.717) is 18.0 Å². The lowest BCUT2D eigenvalue weighted by Crippen LogP contribution is -2.10. The van der Waals surface area contributed by atoms with Gasteiger partial charge in [-0.15, -0.1) is 0 Å². The molecule has 2 heterocycles. The van der Waals surface area contributed by atoms with Crippen molar-refractivity contribution in [2.75, 3.05) is 11.9 Å². The number of hydrogen-bond acceptors (Lipinski definition) is 4. The SMILES string of the molecule is CCNc1nc2nc(C(F)(F)F)ncc2[nH]1. The van der Waals surface area contributed by atoms with Crippen LogP contribution in [0.25, 0.3) is 11.2 Å². The van der Waals surface area contributed by atoms with Crippen molar-refractivity contribution >= 4 is 17.1 Å². The van der Waals surface area contributed by atoms with E-state index in [9.17, 15) is 13.2 Å². The molecule has 0 aliphatic rings. The standard InChI is InChI=1S/C8H8F3N5/c1-2-12-7-14-4-3-13-6(8(9,10)11)15-5(4)16-7/h3H,2H2,1H3,(H2,12,13,14,15,16). The monoisotopic (exact) mass is 231 g/mol. The zero-order chi connectivity index (χ0) is 11.8. The number of nitrogens with one attached hydrogen (secondary N) is 2. The molecule has 2 rings (SSSR count). The van der Waals surface area contributed by atoms with Crippen LogP contribution in [-0.2, 0) is 6.18 Å². The summed E-state index contributed by atoms with van der Waals surface area (Å²) in [6.07, 6.45) is -3.48. The Labute approximate surface area is 88.1 Å². The molecule has 0 bridgehead atoms. The molecule has 0 saturated heterocycles. The second kappa shape index (κ2) is 3.62. The highest BCUT2D eigenvalue weighted by molar-refractivity contribution is 5.72. The molecule has 8 heteroatoms. The minimum Gasteiger partial charge on any atom is -0.356 e. The summed E-state index contributed by atoms with van der Waals surface area (Å²) in [4.78, 5) is 13.2. The Kier molecular flexibility index (Phi) is 2.41. The summed E-state index contributed by atoms with van der Waals surface area (Å²) in [6.45, 7) is 2.46. The Hall–Kier alpha value is -1.86. The van der Waals surface area contributed by atoms with Crippen LogP contribution < -0.4 is 5.32 Å². The summed E-state index contributed by atoms with van der Waals surface area (Å²) in [5.74, 6) is -0.805. The number of nitrogens with zero attached hydrogens (tertiary/aromatic N) is 3. The van der Waals surface area contributed by atoms with E-state index >= 15 is 0 Å². The molecule has 16 heavy (non-hydrogen) atoms. The van der Waals surface area contributed by atoms with Gasteiger partial charge in [0.25, 0.3) is 0 Å². The molecule has 0 amide bonds. The normalized spacial score (nSPS) is 12.0. The molecule has 0 atom stereocenters. The Bertz CT molecular complexity index is 504. The van der Waals surface area contributed by atoms with E-state index in [1.807, 2.05) is 6.92 Å². The Morgan fingerprint density at radius 1 is 1.38 bits per heavy atom. The van der Waals surface area contributed by atoms with Crippen LogP contribution in [0, 0.1) is 0 Å². The fraction of sp³-hybridized carbons (Fsp3) is 0.375. The molecule has 5 nitrogen and oxygen atoms in total. The lowest BCUT2D eigenvalue weighted by atomic mass is 10.5. The van der Waals surface area contributed by atoms with Crippen molar-refractivity contribution in [3.63, 3.8) is 0 Å². The first kappa shape index (κ1) is 10.7. The van der Waals surface area contributed by atoms with Gasteiger partial charge in [-0.3, -0.25) is 0 Å². The van der Waals surface area contributed by atoms with Crippen LogP contribution in [-0.4, -0.2) is 26.5 Å². The lowest BCUT2D eigenvalue weighted by molar-refractivity contribution is -0.144. The number of rotatable bonds is 2. The molecule has 2 aromatic rings. The third kappa shape index (κ3) is 1.90. The number of H-pyrrole nitrogens is 1. The van der Waals surface area contributed by atoms with Crippen molar-refractivity contribution in [1.29, 1.82) is 0 Å². The van der Waals surface area contributed by atoms with Crippen molar-refractivity contribution in [1.82, 2.24) is 19.9 Å². The third-order valence-electron chi connectivity index (χ3n) is 1.84. The maximum absolute atomic E-state index is 12.3. The van der Waals surface area contributed by atoms with Crippen LogP contribution >= 0.6 is 0 Å². The molecular weight excluding hydrogens is 223 g/mol. The van der Waals surface area contributed by atoms with E-state index in [2.05, 4.69) is 25.3 Å². The number of aromatic nitrogens is 4. The Morgan fingerprint density at radius 2 is 2.12 bits per heavy atom. The average molecular weight is 231 g/mol. The van der Waals surface area contributed by atoms with Gasteiger partial charge in [0, 0.05) is 6.54 Å². The second-order valence-electron chi connectivity index (χ2n) is 3.04. The highest BCUT2D eigenvalue weighted by Gasteiger charge is 2.34. The van der Waals surface area contributed by atoms with Gasteiger partial charge in [-0.2, -0.15) is 18.2 Å². The van der Waals surface area contributed by atoms with Gasteiger partial charge in [-0.1, -0.05) is 0 Å². The second-order valence-corrected chi connectivity index (χ2v) is 3.04. The number of hydrogen-bond donors (Lipinski definition) is 2. The van der Waals surface area contributed by atoms with E-state index in [4.69, 9.17) is 0 Å². The van der Waals surface area contributed by atoms with E-state index in [1.54, 1.807) is 0 Å². The summed E-state index contributed by atoms with van der Waals surface area (Å²) in [5.41, 5.74) is 0.363. The van der Waals surface area contributed by atoms with Crippen LogP contribution in [0.1, 0.15) is 12.7 Å². The topological polar surface area (TPSA) is 66.5 Å². The van der Waals surface area contributed by atoms with Crippen molar-refractivity contribution in [3.05, 3.63) is 12.0 Å². The van der Waals surface area contributed by atoms with Crippen molar-refractivity contribution in [2.45, 2.75) is 13.1 Å². The minimum absolute atomic E-state index is 0.00160. The summed E-state index contributed by atoms with van der Waals surface area (Å²) in [7, 11) is 0. The summed E-state index contributed by atoms with van der Waals surface area (Å²) in [6, 6.07) is 0. The summed E-state index contributed by atoms with van der Waals surface area (Å²) in [5, 5.41) is 2.84. The molecule has 0 aromatic carbocycles. The van der Waals surface area contributed by atoms with Gasteiger partial charge in [0.2, 0.25) is 11.8 Å². The quantitative estimate of drug-likeness (QED) is 0.827. The predicted octanol–water partition coefficient (Wildman–Crippen LogP) is 1.80. The molecule has 86 valence electrons. The van der Waals surface area contributed by atoms with E-state index < -0.39 is 12.0 Å². The van der Waals surface area contributed by atoms with Crippen LogP contribution in [0.5, 0.6) is 0 Å². The lowest BCUT2D eigenvalue weighted by Gasteiger charge is -2.02. The third-order valence-corrected chi connectivity index (χ3v) is 1.84. The predicted molar refractivity (Wildman–Crippen MR) is 50.8 cm³/mol. The maximum Gasteiger partial charge on any atom is 0.451 e. The smallest absolute Gasteiger partial charge is 0.356 e. The van der Waals surface area contributed by atoms with Gasteiger partial charge < -0.3 is 10.3 Å². The number of aromatic amines is 1. The first-order chi connectivity index (χ1) is 7.50. The number of fused-ring (bicyclic) bond motifs is 1. The first-order valence-electron chi connectivity index (χ1n) is 4.54. The van der Waals surface area contributed by atoms with E-state index in [1.165, 1.54) is 0 Å². The fourth-order valence-electron chi connectivity index (χ4n) is 1.20. The zero-order valence-corrected chi connectivity index (χ0v) is 8.26. The van der Waals surface area contributed by atoms with Gasteiger partial charge in [-0.05, 0) is 6.92 Å². The van der Waals surface area contributed by atoms with Crippen LogP contribution in [0.2, 0.25) is 0 Å². The van der Waals surface area contributed by atoms with Gasteiger partial charge in [-0.25, -0.2) is 9.97 Å². The molecule has 2 N–H and O–H groups in total. The van der Waals surface area contributed by atoms with Crippen LogP contribution in [0.3, 0.4) is 0 Å². The van der Waals surface area contributed by atoms with Gasteiger partial charge >= 0.3 is 6.18 Å². The van der Waals surface area contributed by atoms with Gasteiger partial charge in [0.15, 0.2) is 5.65 Å². The number of alkyl halides is 3. The Balaban J connectivity index is 2.46. The van der Waals surface area contributed by atoms with Crippen molar-refractivity contribution in [2.24, 2.45) is 0 Å². The zero-order valence-electron chi connectivity index (χ0n) is 8.26. The first-order valence-corrected chi connectivity index (χ1v) is 4.54. The van der Waals surface area contributed by atoms with Gasteiger partial charge in [0.1, 0.15) is 5.52 Å². The minimum atomic E-state index is -4.55. The highest BCUT2D eigenvalue weighted by atomic mass is 19.4. The number of anilines is 1.